The van der Waals surface area contributed by atoms with Gasteiger partial charge in [0, 0.05) is 11.7 Å². The van der Waals surface area contributed by atoms with Gasteiger partial charge in [0.25, 0.3) is 0 Å². The average molecular weight is 221 g/mol. The number of guanidine groups is 1. The van der Waals surface area contributed by atoms with E-state index in [1.54, 1.807) is 7.11 Å². The van der Waals surface area contributed by atoms with Gasteiger partial charge in [-0.25, -0.2) is 0 Å². The zero-order chi connectivity index (χ0) is 12.1. The van der Waals surface area contributed by atoms with Crippen LogP contribution in [-0.4, -0.2) is 19.1 Å². The van der Waals surface area contributed by atoms with Crippen LogP contribution in [0.4, 0.5) is 5.69 Å². The van der Waals surface area contributed by atoms with Gasteiger partial charge in [0.15, 0.2) is 5.96 Å². The molecule has 0 fully saturated rings. The fourth-order valence-electron chi connectivity index (χ4n) is 1.35. The summed E-state index contributed by atoms with van der Waals surface area (Å²) >= 11 is 0. The molecule has 0 radical (unpaired) electrons. The first-order valence-corrected chi connectivity index (χ1v) is 5.28. The molecule has 0 saturated carbocycles. The van der Waals surface area contributed by atoms with Crippen LogP contribution in [0.3, 0.4) is 0 Å². The van der Waals surface area contributed by atoms with Crippen molar-refractivity contribution >= 4 is 11.6 Å². The van der Waals surface area contributed by atoms with Crippen LogP contribution < -0.4 is 15.8 Å². The summed E-state index contributed by atoms with van der Waals surface area (Å²) in [6.45, 7) is 5.96. The van der Waals surface area contributed by atoms with E-state index in [1.165, 1.54) is 0 Å². The lowest BCUT2D eigenvalue weighted by Gasteiger charge is -2.10. The number of rotatable bonds is 3. The maximum Gasteiger partial charge on any atom is 0.193 e. The molecule has 0 saturated heterocycles. The van der Waals surface area contributed by atoms with Crippen molar-refractivity contribution in [2.24, 2.45) is 10.7 Å². The van der Waals surface area contributed by atoms with Gasteiger partial charge in [-0.2, -0.15) is 0 Å². The highest BCUT2D eigenvalue weighted by atomic mass is 16.5. The third kappa shape index (κ3) is 3.46. The molecule has 0 unspecified atom stereocenters. The molecule has 1 aromatic rings. The molecule has 3 N–H and O–H groups in total. The van der Waals surface area contributed by atoms with Crippen LogP contribution in [0.1, 0.15) is 19.4 Å². The molecule has 0 spiro atoms. The summed E-state index contributed by atoms with van der Waals surface area (Å²) in [5.41, 5.74) is 7.77. The molecule has 1 rings (SSSR count). The monoisotopic (exact) mass is 221 g/mol. The molecule has 88 valence electrons. The Morgan fingerprint density at radius 2 is 2.12 bits per heavy atom. The Morgan fingerprint density at radius 1 is 1.44 bits per heavy atom. The van der Waals surface area contributed by atoms with Crippen molar-refractivity contribution in [3.8, 4) is 5.75 Å². The van der Waals surface area contributed by atoms with Crippen LogP contribution in [0.5, 0.6) is 5.75 Å². The minimum absolute atomic E-state index is 0.186. The molecular formula is C12H19N3O. The molecule has 0 aliphatic heterocycles. The third-order valence-electron chi connectivity index (χ3n) is 2.09. The summed E-state index contributed by atoms with van der Waals surface area (Å²) in [5.74, 6) is 1.27. The summed E-state index contributed by atoms with van der Waals surface area (Å²) in [4.78, 5) is 4.21. The molecular weight excluding hydrogens is 202 g/mol. The minimum atomic E-state index is 0.186. The van der Waals surface area contributed by atoms with Gasteiger partial charge in [0.2, 0.25) is 0 Å². The van der Waals surface area contributed by atoms with Crippen molar-refractivity contribution in [1.29, 1.82) is 0 Å². The number of anilines is 1. The Kier molecular flexibility index (Phi) is 4.17. The molecule has 1 aromatic carbocycles. The standard InChI is InChI=1S/C12H19N3O/c1-8(2)14-12(13)15-11-6-5-10(16-4)7-9(11)3/h5-8H,1-4H3,(H3,13,14,15). The van der Waals surface area contributed by atoms with E-state index in [0.29, 0.717) is 5.96 Å². The SMILES string of the molecule is COc1ccc(NC(N)=NC(C)C)c(C)c1. The largest absolute Gasteiger partial charge is 0.497 e. The van der Waals surface area contributed by atoms with Crippen molar-refractivity contribution in [2.75, 3.05) is 12.4 Å². The highest BCUT2D eigenvalue weighted by Gasteiger charge is 2.01. The van der Waals surface area contributed by atoms with Crippen molar-refractivity contribution in [1.82, 2.24) is 0 Å². The molecule has 4 nitrogen and oxygen atoms in total. The first-order valence-electron chi connectivity index (χ1n) is 5.28. The number of hydrogen-bond donors (Lipinski definition) is 2. The van der Waals surface area contributed by atoms with Gasteiger partial charge in [0.1, 0.15) is 5.75 Å². The maximum absolute atomic E-state index is 5.75. The van der Waals surface area contributed by atoms with E-state index in [0.717, 1.165) is 17.0 Å². The normalized spacial score (nSPS) is 11.7. The van der Waals surface area contributed by atoms with Crippen molar-refractivity contribution < 1.29 is 4.74 Å². The molecule has 0 heterocycles. The predicted molar refractivity (Wildman–Crippen MR) is 68.1 cm³/mol. The van der Waals surface area contributed by atoms with E-state index in [2.05, 4.69) is 10.3 Å². The lowest BCUT2D eigenvalue weighted by Crippen LogP contribution is -2.24. The van der Waals surface area contributed by atoms with E-state index in [1.807, 2.05) is 39.0 Å². The number of hydrogen-bond acceptors (Lipinski definition) is 2. The van der Waals surface area contributed by atoms with E-state index < -0.39 is 0 Å². The summed E-state index contributed by atoms with van der Waals surface area (Å²) < 4.78 is 5.13. The lowest BCUT2D eigenvalue weighted by molar-refractivity contribution is 0.414. The summed E-state index contributed by atoms with van der Waals surface area (Å²) in [5, 5.41) is 3.07. The molecule has 0 aliphatic rings. The predicted octanol–water partition coefficient (Wildman–Crippen LogP) is 2.14. The lowest BCUT2D eigenvalue weighted by atomic mass is 10.2. The number of nitrogens with one attached hydrogen (secondary N) is 1. The van der Waals surface area contributed by atoms with E-state index >= 15 is 0 Å². The Morgan fingerprint density at radius 3 is 2.62 bits per heavy atom. The van der Waals surface area contributed by atoms with E-state index in [4.69, 9.17) is 10.5 Å². The number of methoxy groups -OCH3 is 1. The van der Waals surface area contributed by atoms with Crippen LogP contribution in [0.25, 0.3) is 0 Å². The molecule has 0 aromatic heterocycles. The number of benzene rings is 1. The smallest absolute Gasteiger partial charge is 0.193 e. The van der Waals surface area contributed by atoms with Gasteiger partial charge in [-0.1, -0.05) is 0 Å². The average Bonchev–Trinajstić information content (AvgIpc) is 2.19. The fourth-order valence-corrected chi connectivity index (χ4v) is 1.35. The highest BCUT2D eigenvalue weighted by Crippen LogP contribution is 2.20. The van der Waals surface area contributed by atoms with Crippen molar-refractivity contribution in [2.45, 2.75) is 26.8 Å². The number of nitrogens with two attached hydrogens (primary N) is 1. The number of aliphatic imine (C=N–C) groups is 1. The van der Waals surface area contributed by atoms with Gasteiger partial charge in [0.05, 0.1) is 7.11 Å². The molecule has 0 bridgehead atoms. The Labute approximate surface area is 96.5 Å². The fraction of sp³-hybridized carbons (Fsp3) is 0.417. The van der Waals surface area contributed by atoms with E-state index in [9.17, 15) is 0 Å². The minimum Gasteiger partial charge on any atom is -0.497 e. The Bertz CT molecular complexity index is 386. The zero-order valence-corrected chi connectivity index (χ0v) is 10.2. The molecule has 0 atom stereocenters. The number of ether oxygens (including phenoxy) is 1. The first kappa shape index (κ1) is 12.4. The topological polar surface area (TPSA) is 59.6 Å². The Hall–Kier alpha value is -1.71. The molecule has 16 heavy (non-hydrogen) atoms. The summed E-state index contributed by atoms with van der Waals surface area (Å²) in [7, 11) is 1.65. The van der Waals surface area contributed by atoms with Gasteiger partial charge in [-0.15, -0.1) is 0 Å². The second kappa shape index (κ2) is 5.39. The van der Waals surface area contributed by atoms with Gasteiger partial charge in [-0.05, 0) is 44.5 Å². The van der Waals surface area contributed by atoms with Crippen LogP contribution in [0.2, 0.25) is 0 Å². The molecule has 0 aliphatic carbocycles. The summed E-state index contributed by atoms with van der Waals surface area (Å²) in [6.07, 6.45) is 0. The second-order valence-electron chi connectivity index (χ2n) is 3.91. The molecule has 0 amide bonds. The van der Waals surface area contributed by atoms with Crippen LogP contribution >= 0.6 is 0 Å². The number of aryl methyl sites for hydroxylation is 1. The van der Waals surface area contributed by atoms with Crippen molar-refractivity contribution in [3.63, 3.8) is 0 Å². The summed E-state index contributed by atoms with van der Waals surface area (Å²) in [6, 6.07) is 5.95. The zero-order valence-electron chi connectivity index (χ0n) is 10.2. The quantitative estimate of drug-likeness (QED) is 0.607. The number of nitrogens with zero attached hydrogens (tertiary/aromatic N) is 1. The van der Waals surface area contributed by atoms with Crippen LogP contribution in [-0.2, 0) is 0 Å². The second-order valence-corrected chi connectivity index (χ2v) is 3.91. The third-order valence-corrected chi connectivity index (χ3v) is 2.09. The Balaban J connectivity index is 2.82. The first-order chi connectivity index (χ1) is 7.52. The van der Waals surface area contributed by atoms with Crippen molar-refractivity contribution in [3.05, 3.63) is 23.8 Å². The van der Waals surface area contributed by atoms with E-state index in [-0.39, 0.29) is 6.04 Å². The van der Waals surface area contributed by atoms with Gasteiger partial charge >= 0.3 is 0 Å². The van der Waals surface area contributed by atoms with Crippen LogP contribution in [0, 0.1) is 6.92 Å². The van der Waals surface area contributed by atoms with Crippen LogP contribution in [0.15, 0.2) is 23.2 Å². The van der Waals surface area contributed by atoms with Gasteiger partial charge in [-0.3, -0.25) is 4.99 Å². The molecule has 4 heteroatoms. The maximum atomic E-state index is 5.75. The van der Waals surface area contributed by atoms with Gasteiger partial charge < -0.3 is 15.8 Å². The highest BCUT2D eigenvalue weighted by molar-refractivity contribution is 5.93.